The molecule has 0 radical (unpaired) electrons. The van der Waals surface area contributed by atoms with Gasteiger partial charge in [0.2, 0.25) is 0 Å². The Labute approximate surface area is 263 Å². The number of para-hydroxylation sites is 1. The minimum atomic E-state index is -1.56. The number of nitrogens with one attached hydrogen (secondary N) is 1. The number of carboxylic acid groups (broad SMARTS) is 1. The fourth-order valence-corrected chi connectivity index (χ4v) is 7.82. The number of hydrogen-bond donors (Lipinski definition) is 2. The number of carbonyl (C=O) groups is 1. The van der Waals surface area contributed by atoms with Crippen molar-refractivity contribution in [3.8, 4) is 5.75 Å². The van der Waals surface area contributed by atoms with Crippen LogP contribution in [-0.4, -0.2) is 94.9 Å². The first-order valence-corrected chi connectivity index (χ1v) is 16.2. The fourth-order valence-electron chi connectivity index (χ4n) is 7.82. The average molecular weight is 627 g/mol. The van der Waals surface area contributed by atoms with Gasteiger partial charge in [-0.1, -0.05) is 18.2 Å². The number of aliphatic carboxylic acids is 1. The number of H-pyrrole nitrogens is 1. The van der Waals surface area contributed by atoms with E-state index in [1.54, 1.807) is 0 Å². The van der Waals surface area contributed by atoms with E-state index in [1.165, 1.54) is 26.0 Å². The number of benzene rings is 2. The molecule has 0 aliphatic carbocycles. The summed E-state index contributed by atoms with van der Waals surface area (Å²) in [7, 11) is 0. The molecule has 2 atom stereocenters. The van der Waals surface area contributed by atoms with Crippen LogP contribution in [0.2, 0.25) is 0 Å². The van der Waals surface area contributed by atoms with Crippen molar-refractivity contribution in [2.24, 2.45) is 5.41 Å². The third-order valence-electron chi connectivity index (χ3n) is 10.3. The maximum absolute atomic E-state index is 16.0. The van der Waals surface area contributed by atoms with Crippen molar-refractivity contribution in [2.75, 3.05) is 52.4 Å². The van der Waals surface area contributed by atoms with Crippen LogP contribution in [0.25, 0.3) is 10.9 Å². The van der Waals surface area contributed by atoms with E-state index in [0.29, 0.717) is 25.3 Å². The molecule has 3 aliphatic rings. The Morgan fingerprint density at radius 1 is 1.04 bits per heavy atom. The van der Waals surface area contributed by atoms with Gasteiger partial charge in [0.1, 0.15) is 29.7 Å². The standard InChI is InChI=1S/C35H45F3N4O3/c1-23-18-26-25-6-4-5-7-29(25)39-32(26)33(42(23)22-34(2,3)38)31-27(36)19-24(20-28(31)37)45-17-16-40-12-8-35(9-13-40)10-14-41(15-11-35)21-30(43)44/h4-7,19-20,23,33,39H,8-18,21-22H2,1-3H3,(H,43,44)/t23-,33-/m1/s1. The lowest BCUT2D eigenvalue weighted by molar-refractivity contribution is -0.139. The van der Waals surface area contributed by atoms with Crippen LogP contribution in [0.3, 0.4) is 0 Å². The highest BCUT2D eigenvalue weighted by Crippen LogP contribution is 2.44. The van der Waals surface area contributed by atoms with Crippen LogP contribution in [0.4, 0.5) is 13.2 Å². The van der Waals surface area contributed by atoms with Crippen LogP contribution in [-0.2, 0) is 11.2 Å². The van der Waals surface area contributed by atoms with Gasteiger partial charge in [-0.05, 0) is 96.1 Å². The summed E-state index contributed by atoms with van der Waals surface area (Å²) >= 11 is 0. The predicted molar refractivity (Wildman–Crippen MR) is 168 cm³/mol. The van der Waals surface area contributed by atoms with E-state index in [-0.39, 0.29) is 35.9 Å². The van der Waals surface area contributed by atoms with Crippen molar-refractivity contribution in [3.63, 3.8) is 0 Å². The number of nitrogens with zero attached hydrogens (tertiary/aromatic N) is 3. The van der Waals surface area contributed by atoms with Gasteiger partial charge in [0.15, 0.2) is 0 Å². The zero-order valence-corrected chi connectivity index (χ0v) is 26.6. The molecule has 0 amide bonds. The summed E-state index contributed by atoms with van der Waals surface area (Å²) in [5.41, 5.74) is 1.25. The normalized spacial score (nSPS) is 23.0. The molecule has 10 heteroatoms. The summed E-state index contributed by atoms with van der Waals surface area (Å²) in [6, 6.07) is 9.42. The molecular formula is C35H45F3N4O3. The Bertz CT molecular complexity index is 1500. The van der Waals surface area contributed by atoms with E-state index in [4.69, 9.17) is 9.84 Å². The molecule has 4 heterocycles. The van der Waals surface area contributed by atoms with Gasteiger partial charge in [0, 0.05) is 53.4 Å². The van der Waals surface area contributed by atoms with E-state index >= 15 is 13.2 Å². The van der Waals surface area contributed by atoms with E-state index in [0.717, 1.165) is 68.3 Å². The second-order valence-corrected chi connectivity index (χ2v) is 14.1. The zero-order valence-electron chi connectivity index (χ0n) is 26.6. The molecule has 3 aliphatic heterocycles. The first kappa shape index (κ1) is 31.9. The monoisotopic (exact) mass is 626 g/mol. The molecule has 2 saturated heterocycles. The van der Waals surface area contributed by atoms with Crippen molar-refractivity contribution in [2.45, 2.75) is 70.6 Å². The highest BCUT2D eigenvalue weighted by molar-refractivity contribution is 5.85. The summed E-state index contributed by atoms with van der Waals surface area (Å²) in [6.07, 6.45) is 4.82. The van der Waals surface area contributed by atoms with Crippen molar-refractivity contribution >= 4 is 16.9 Å². The molecule has 0 unspecified atom stereocenters. The van der Waals surface area contributed by atoms with Gasteiger partial charge in [0.05, 0.1) is 12.6 Å². The summed E-state index contributed by atoms with van der Waals surface area (Å²) in [6.45, 7) is 9.60. The smallest absolute Gasteiger partial charge is 0.317 e. The number of fused-ring (bicyclic) bond motifs is 3. The molecule has 244 valence electrons. The molecule has 1 aromatic heterocycles. The number of halogens is 3. The molecule has 0 saturated carbocycles. The van der Waals surface area contributed by atoms with Crippen molar-refractivity contribution in [1.29, 1.82) is 0 Å². The number of ether oxygens (including phenoxy) is 1. The number of carboxylic acids is 1. The van der Waals surface area contributed by atoms with E-state index in [1.807, 2.05) is 41.0 Å². The SMILES string of the molecule is C[C@@H]1Cc2c([nH]c3ccccc23)[C@@H](c2c(F)cc(OCCN3CCC4(CC3)CCN(CC(=O)O)CC4)cc2F)N1CC(C)(C)F. The molecule has 1 spiro atoms. The third kappa shape index (κ3) is 6.88. The predicted octanol–water partition coefficient (Wildman–Crippen LogP) is 6.17. The van der Waals surface area contributed by atoms with Gasteiger partial charge in [-0.3, -0.25) is 19.5 Å². The first-order valence-electron chi connectivity index (χ1n) is 16.2. The van der Waals surface area contributed by atoms with Crippen LogP contribution in [0.5, 0.6) is 5.75 Å². The highest BCUT2D eigenvalue weighted by atomic mass is 19.1. The second kappa shape index (κ2) is 12.6. The molecule has 2 fully saturated rings. The topological polar surface area (TPSA) is 72.0 Å². The van der Waals surface area contributed by atoms with Gasteiger partial charge in [0.25, 0.3) is 0 Å². The number of aromatic amines is 1. The number of rotatable bonds is 9. The summed E-state index contributed by atoms with van der Waals surface area (Å²) in [4.78, 5) is 20.7. The van der Waals surface area contributed by atoms with Crippen LogP contribution in [0.15, 0.2) is 36.4 Å². The summed E-state index contributed by atoms with van der Waals surface area (Å²) in [5.74, 6) is -2.04. The minimum Gasteiger partial charge on any atom is -0.492 e. The number of aromatic nitrogens is 1. The Hall–Kier alpha value is -3.08. The maximum Gasteiger partial charge on any atom is 0.317 e. The Morgan fingerprint density at radius 3 is 2.29 bits per heavy atom. The largest absolute Gasteiger partial charge is 0.492 e. The Morgan fingerprint density at radius 2 is 1.67 bits per heavy atom. The maximum atomic E-state index is 16.0. The van der Waals surface area contributed by atoms with Crippen LogP contribution < -0.4 is 4.74 Å². The van der Waals surface area contributed by atoms with Crippen molar-refractivity contribution in [1.82, 2.24) is 19.7 Å². The molecule has 7 nitrogen and oxygen atoms in total. The average Bonchev–Trinajstić information content (AvgIpc) is 3.34. The molecule has 2 N–H and O–H groups in total. The molecular weight excluding hydrogens is 581 g/mol. The lowest BCUT2D eigenvalue weighted by Crippen LogP contribution is -2.48. The van der Waals surface area contributed by atoms with E-state index in [2.05, 4.69) is 9.88 Å². The lowest BCUT2D eigenvalue weighted by atomic mass is 9.71. The molecule has 45 heavy (non-hydrogen) atoms. The first-order chi connectivity index (χ1) is 21.4. The van der Waals surface area contributed by atoms with Crippen LogP contribution >= 0.6 is 0 Å². The van der Waals surface area contributed by atoms with Gasteiger partial charge < -0.3 is 14.8 Å². The van der Waals surface area contributed by atoms with Crippen LogP contribution in [0, 0.1) is 17.0 Å². The Kier molecular flexibility index (Phi) is 8.93. The van der Waals surface area contributed by atoms with Gasteiger partial charge >= 0.3 is 5.97 Å². The summed E-state index contributed by atoms with van der Waals surface area (Å²) < 4.78 is 52.9. The van der Waals surface area contributed by atoms with Gasteiger partial charge in [-0.25, -0.2) is 13.2 Å². The highest BCUT2D eigenvalue weighted by Gasteiger charge is 2.41. The fraction of sp³-hybridized carbons (Fsp3) is 0.571. The van der Waals surface area contributed by atoms with Crippen LogP contribution in [0.1, 0.15) is 69.3 Å². The molecule has 0 bridgehead atoms. The van der Waals surface area contributed by atoms with E-state index < -0.39 is 29.3 Å². The number of alkyl halides is 1. The second-order valence-electron chi connectivity index (χ2n) is 14.1. The quantitative estimate of drug-likeness (QED) is 0.296. The molecule has 3 aromatic rings. The Balaban J connectivity index is 1.13. The van der Waals surface area contributed by atoms with Crippen molar-refractivity contribution < 1.29 is 27.8 Å². The van der Waals surface area contributed by atoms with Gasteiger partial charge in [-0.2, -0.15) is 0 Å². The lowest BCUT2D eigenvalue weighted by Gasteiger charge is -2.46. The van der Waals surface area contributed by atoms with Gasteiger partial charge in [-0.15, -0.1) is 0 Å². The number of piperidine rings is 2. The number of hydrogen-bond acceptors (Lipinski definition) is 5. The zero-order chi connectivity index (χ0) is 31.9. The third-order valence-corrected chi connectivity index (χ3v) is 10.3. The number of likely N-dealkylation sites (tertiary alicyclic amines) is 2. The van der Waals surface area contributed by atoms with E-state index in [9.17, 15) is 4.79 Å². The van der Waals surface area contributed by atoms with Crippen molar-refractivity contribution in [3.05, 3.63) is 64.9 Å². The molecule has 2 aromatic carbocycles. The summed E-state index contributed by atoms with van der Waals surface area (Å²) in [5, 5.41) is 10.1. The molecule has 6 rings (SSSR count). The minimum absolute atomic E-state index is 0.0302.